The largest absolute Gasteiger partial charge is 0.321 e. The maximum atomic E-state index is 12.4. The normalized spacial score (nSPS) is 10.0. The van der Waals surface area contributed by atoms with Crippen molar-refractivity contribution >= 4 is 23.4 Å². The summed E-state index contributed by atoms with van der Waals surface area (Å²) >= 11 is 1.58. The van der Waals surface area contributed by atoms with Crippen LogP contribution in [-0.4, -0.2) is 11.7 Å². The fourth-order valence-corrected chi connectivity index (χ4v) is 2.84. The number of nitrogens with zero attached hydrogens (tertiary/aromatic N) is 1. The van der Waals surface area contributed by atoms with E-state index in [0.29, 0.717) is 17.7 Å². The topological polar surface area (TPSA) is 52.9 Å². The number of para-hydroxylation sites is 1. The Hall–Kier alpha value is -2.25. The van der Waals surface area contributed by atoms with Gasteiger partial charge >= 0.3 is 0 Å². The van der Waals surface area contributed by atoms with Crippen molar-refractivity contribution in [3.8, 4) is 6.07 Å². The summed E-state index contributed by atoms with van der Waals surface area (Å²) in [5, 5.41) is 11.6. The summed E-state index contributed by atoms with van der Waals surface area (Å²) in [6.07, 6.45) is 0.490. The fraction of sp³-hybridized carbons (Fsp3) is 0.222. The molecule has 0 saturated heterocycles. The van der Waals surface area contributed by atoms with E-state index >= 15 is 0 Å². The molecule has 1 amide bonds. The lowest BCUT2D eigenvalue weighted by atomic mass is 10.1. The van der Waals surface area contributed by atoms with Gasteiger partial charge in [0.05, 0.1) is 11.8 Å². The molecule has 1 N–H and O–H groups in total. The predicted octanol–water partition coefficient (Wildman–Crippen LogP) is 4.56. The van der Waals surface area contributed by atoms with E-state index in [-0.39, 0.29) is 5.91 Å². The number of hydrogen-bond donors (Lipinski definition) is 1. The molecular formula is C18H18N2OS. The minimum absolute atomic E-state index is 0.114. The van der Waals surface area contributed by atoms with Crippen LogP contribution in [0.4, 0.5) is 5.69 Å². The van der Waals surface area contributed by atoms with Gasteiger partial charge in [-0.15, -0.1) is 11.8 Å². The first-order valence-corrected chi connectivity index (χ1v) is 8.08. The van der Waals surface area contributed by atoms with Gasteiger partial charge in [0, 0.05) is 22.6 Å². The van der Waals surface area contributed by atoms with Gasteiger partial charge in [0.15, 0.2) is 0 Å². The highest BCUT2D eigenvalue weighted by Gasteiger charge is 2.10. The number of anilines is 1. The third-order valence-corrected chi connectivity index (χ3v) is 4.45. The first-order valence-electron chi connectivity index (χ1n) is 7.09. The van der Waals surface area contributed by atoms with E-state index in [9.17, 15) is 4.79 Å². The van der Waals surface area contributed by atoms with Gasteiger partial charge in [0.2, 0.25) is 0 Å². The molecule has 0 saturated carbocycles. The molecule has 0 aliphatic carbocycles. The van der Waals surface area contributed by atoms with Gasteiger partial charge in [-0.3, -0.25) is 4.79 Å². The van der Waals surface area contributed by atoms with Gasteiger partial charge in [-0.25, -0.2) is 0 Å². The Labute approximate surface area is 135 Å². The Bertz CT molecular complexity index is 719. The van der Waals surface area contributed by atoms with Gasteiger partial charge < -0.3 is 5.32 Å². The van der Waals surface area contributed by atoms with Crippen LogP contribution >= 0.6 is 11.8 Å². The lowest BCUT2D eigenvalue weighted by Gasteiger charge is -2.11. The SMILES string of the molecule is Cc1ccc(C(=O)Nc2ccccc2SCCC#N)cc1C. The molecule has 2 aromatic carbocycles. The lowest BCUT2D eigenvalue weighted by Crippen LogP contribution is -2.12. The van der Waals surface area contributed by atoms with Gasteiger partial charge in [0.25, 0.3) is 5.91 Å². The average molecular weight is 310 g/mol. The van der Waals surface area contributed by atoms with E-state index in [1.807, 2.05) is 56.3 Å². The quantitative estimate of drug-likeness (QED) is 0.650. The first kappa shape index (κ1) is 16.1. The van der Waals surface area contributed by atoms with Crippen LogP contribution in [0.3, 0.4) is 0 Å². The number of hydrogen-bond acceptors (Lipinski definition) is 3. The molecule has 3 nitrogen and oxygen atoms in total. The average Bonchev–Trinajstić information content (AvgIpc) is 2.52. The zero-order valence-electron chi connectivity index (χ0n) is 12.7. The fourth-order valence-electron chi connectivity index (χ4n) is 1.98. The van der Waals surface area contributed by atoms with Crippen molar-refractivity contribution in [2.45, 2.75) is 25.2 Å². The maximum absolute atomic E-state index is 12.4. The highest BCUT2D eigenvalue weighted by molar-refractivity contribution is 7.99. The van der Waals surface area contributed by atoms with Crippen molar-refractivity contribution < 1.29 is 4.79 Å². The summed E-state index contributed by atoms with van der Waals surface area (Å²) in [5.41, 5.74) is 3.71. The zero-order chi connectivity index (χ0) is 15.9. The Morgan fingerprint density at radius 2 is 1.95 bits per heavy atom. The molecule has 0 bridgehead atoms. The molecule has 4 heteroatoms. The van der Waals surface area contributed by atoms with E-state index in [4.69, 9.17) is 5.26 Å². The van der Waals surface area contributed by atoms with Crippen LogP contribution in [0.1, 0.15) is 27.9 Å². The molecular weight excluding hydrogens is 292 g/mol. The van der Waals surface area contributed by atoms with Crippen molar-refractivity contribution in [2.75, 3.05) is 11.1 Å². The summed E-state index contributed by atoms with van der Waals surface area (Å²) in [7, 11) is 0. The zero-order valence-corrected chi connectivity index (χ0v) is 13.5. The Morgan fingerprint density at radius 3 is 2.68 bits per heavy atom. The molecule has 0 aliphatic rings. The monoisotopic (exact) mass is 310 g/mol. The molecule has 0 aromatic heterocycles. The number of carbonyl (C=O) groups is 1. The second-order valence-corrected chi connectivity index (χ2v) is 6.14. The number of benzene rings is 2. The number of carbonyl (C=O) groups excluding carboxylic acids is 1. The van der Waals surface area contributed by atoms with Crippen molar-refractivity contribution in [2.24, 2.45) is 0 Å². The van der Waals surface area contributed by atoms with Gasteiger partial charge in [-0.1, -0.05) is 18.2 Å². The molecule has 112 valence electrons. The number of aryl methyl sites for hydroxylation is 2. The number of nitriles is 1. The summed E-state index contributed by atoms with van der Waals surface area (Å²) in [4.78, 5) is 13.4. The van der Waals surface area contributed by atoms with Crippen LogP contribution in [0.15, 0.2) is 47.4 Å². The van der Waals surface area contributed by atoms with Crippen molar-refractivity contribution in [1.29, 1.82) is 5.26 Å². The smallest absolute Gasteiger partial charge is 0.255 e. The van der Waals surface area contributed by atoms with E-state index in [0.717, 1.165) is 16.1 Å². The van der Waals surface area contributed by atoms with E-state index in [1.165, 1.54) is 5.56 Å². The van der Waals surface area contributed by atoms with Crippen LogP contribution in [0, 0.1) is 25.2 Å². The van der Waals surface area contributed by atoms with Crippen LogP contribution in [0.25, 0.3) is 0 Å². The predicted molar refractivity (Wildman–Crippen MR) is 91.3 cm³/mol. The summed E-state index contributed by atoms with van der Waals surface area (Å²) in [6.45, 7) is 4.02. The van der Waals surface area contributed by atoms with E-state index in [2.05, 4.69) is 11.4 Å². The molecule has 0 heterocycles. The molecule has 2 aromatic rings. The summed E-state index contributed by atoms with van der Waals surface area (Å²) < 4.78 is 0. The van der Waals surface area contributed by atoms with Gasteiger partial charge in [-0.2, -0.15) is 5.26 Å². The third-order valence-electron chi connectivity index (χ3n) is 3.38. The molecule has 0 unspecified atom stereocenters. The van der Waals surface area contributed by atoms with Crippen molar-refractivity contribution in [1.82, 2.24) is 0 Å². The Kier molecular flexibility index (Phi) is 5.62. The van der Waals surface area contributed by atoms with Crippen LogP contribution < -0.4 is 5.32 Å². The summed E-state index contributed by atoms with van der Waals surface area (Å²) in [6, 6.07) is 15.5. The molecule has 22 heavy (non-hydrogen) atoms. The number of nitrogens with one attached hydrogen (secondary N) is 1. The van der Waals surface area contributed by atoms with Gasteiger partial charge in [-0.05, 0) is 49.2 Å². The molecule has 0 spiro atoms. The Balaban J connectivity index is 2.14. The van der Waals surface area contributed by atoms with Crippen LogP contribution in [0.5, 0.6) is 0 Å². The van der Waals surface area contributed by atoms with Crippen molar-refractivity contribution in [3.05, 3.63) is 59.2 Å². The third kappa shape index (κ3) is 4.12. The lowest BCUT2D eigenvalue weighted by molar-refractivity contribution is 0.102. The molecule has 2 rings (SSSR count). The highest BCUT2D eigenvalue weighted by atomic mass is 32.2. The Morgan fingerprint density at radius 1 is 1.18 bits per heavy atom. The first-order chi connectivity index (χ1) is 10.6. The van der Waals surface area contributed by atoms with E-state index in [1.54, 1.807) is 11.8 Å². The van der Waals surface area contributed by atoms with E-state index < -0.39 is 0 Å². The van der Waals surface area contributed by atoms with Crippen LogP contribution in [-0.2, 0) is 0 Å². The number of rotatable bonds is 5. The van der Waals surface area contributed by atoms with Gasteiger partial charge in [0.1, 0.15) is 0 Å². The maximum Gasteiger partial charge on any atom is 0.255 e. The second kappa shape index (κ2) is 7.67. The van der Waals surface area contributed by atoms with Crippen LogP contribution in [0.2, 0.25) is 0 Å². The minimum Gasteiger partial charge on any atom is -0.321 e. The highest BCUT2D eigenvalue weighted by Crippen LogP contribution is 2.27. The number of amides is 1. The minimum atomic E-state index is -0.114. The standard InChI is InChI=1S/C18H18N2OS/c1-13-8-9-15(12-14(13)2)18(21)20-16-6-3-4-7-17(16)22-11-5-10-19/h3-4,6-9,12H,5,11H2,1-2H3,(H,20,21). The molecule has 0 atom stereocenters. The molecule has 0 radical (unpaired) electrons. The second-order valence-electron chi connectivity index (χ2n) is 5.01. The van der Waals surface area contributed by atoms with Crippen molar-refractivity contribution in [3.63, 3.8) is 0 Å². The molecule has 0 fully saturated rings. The summed E-state index contributed by atoms with van der Waals surface area (Å²) in [5.74, 6) is 0.601. The number of thioether (sulfide) groups is 1. The molecule has 0 aliphatic heterocycles.